The number of aryl methyl sites for hydroxylation is 1. The van der Waals surface area contributed by atoms with Crippen molar-refractivity contribution in [2.24, 2.45) is 5.92 Å². The summed E-state index contributed by atoms with van der Waals surface area (Å²) in [6.45, 7) is 6.06. The fourth-order valence-corrected chi connectivity index (χ4v) is 2.01. The first-order valence-corrected chi connectivity index (χ1v) is 6.55. The van der Waals surface area contributed by atoms with E-state index >= 15 is 0 Å². The molecule has 16 heavy (non-hydrogen) atoms. The van der Waals surface area contributed by atoms with Gasteiger partial charge in [0, 0.05) is 17.1 Å². The van der Waals surface area contributed by atoms with E-state index in [0.29, 0.717) is 11.5 Å². The van der Waals surface area contributed by atoms with Crippen LogP contribution in [0.3, 0.4) is 0 Å². The van der Waals surface area contributed by atoms with Crippen molar-refractivity contribution in [1.82, 2.24) is 15.5 Å². The third-order valence-corrected chi connectivity index (χ3v) is 3.07. The summed E-state index contributed by atoms with van der Waals surface area (Å²) in [5.41, 5.74) is 1.43. The summed E-state index contributed by atoms with van der Waals surface area (Å²) in [6.07, 6.45) is 2.50. The molecule has 1 amide bonds. The molecule has 1 aromatic rings. The van der Waals surface area contributed by atoms with Crippen LogP contribution >= 0.6 is 15.9 Å². The van der Waals surface area contributed by atoms with E-state index in [2.05, 4.69) is 45.3 Å². The van der Waals surface area contributed by atoms with Crippen LogP contribution in [-0.2, 0) is 0 Å². The Labute approximate surface area is 104 Å². The van der Waals surface area contributed by atoms with Gasteiger partial charge >= 0.3 is 0 Å². The summed E-state index contributed by atoms with van der Waals surface area (Å²) in [4.78, 5) is 11.9. The maximum atomic E-state index is 11.9. The molecule has 0 spiro atoms. The molecule has 1 aromatic heterocycles. The first-order valence-electron chi connectivity index (χ1n) is 5.43. The second-order valence-electron chi connectivity index (χ2n) is 4.21. The molecule has 4 nitrogen and oxygen atoms in total. The molecule has 0 aromatic carbocycles. The average molecular weight is 288 g/mol. The lowest BCUT2D eigenvalue weighted by molar-refractivity contribution is 0.0924. The monoisotopic (exact) mass is 287 g/mol. The van der Waals surface area contributed by atoms with E-state index in [9.17, 15) is 4.79 Å². The predicted molar refractivity (Wildman–Crippen MR) is 67.8 cm³/mol. The van der Waals surface area contributed by atoms with E-state index in [1.165, 1.54) is 0 Å². The number of carbonyl (C=O) groups excluding carboxylic acids is 1. The summed E-state index contributed by atoms with van der Waals surface area (Å²) in [5.74, 6) is 0.375. The molecule has 1 rings (SSSR count). The van der Waals surface area contributed by atoms with Crippen molar-refractivity contribution in [3.8, 4) is 0 Å². The lowest BCUT2D eigenvalue weighted by atomic mass is 10.0. The standard InChI is InChI=1S/C11H18BrN3O/c1-7(2)10(4-5-12)14-11(16)9-6-13-15-8(9)3/h6-7,10H,4-5H2,1-3H3,(H,13,15)(H,14,16). The zero-order valence-electron chi connectivity index (χ0n) is 9.88. The zero-order chi connectivity index (χ0) is 12.1. The molecule has 2 N–H and O–H groups in total. The van der Waals surface area contributed by atoms with E-state index in [-0.39, 0.29) is 11.9 Å². The van der Waals surface area contributed by atoms with Crippen molar-refractivity contribution in [2.45, 2.75) is 33.2 Å². The fourth-order valence-electron chi connectivity index (χ4n) is 1.52. The molecule has 1 heterocycles. The van der Waals surface area contributed by atoms with Crippen LogP contribution in [0.25, 0.3) is 0 Å². The van der Waals surface area contributed by atoms with Gasteiger partial charge in [0.05, 0.1) is 11.8 Å². The van der Waals surface area contributed by atoms with Crippen LogP contribution in [0.5, 0.6) is 0 Å². The van der Waals surface area contributed by atoms with Crippen LogP contribution in [0.4, 0.5) is 0 Å². The number of rotatable bonds is 5. The molecule has 90 valence electrons. The minimum absolute atomic E-state index is 0.0501. The lowest BCUT2D eigenvalue weighted by Gasteiger charge is -2.21. The highest BCUT2D eigenvalue weighted by Gasteiger charge is 2.18. The van der Waals surface area contributed by atoms with Gasteiger partial charge in [0.25, 0.3) is 5.91 Å². The maximum Gasteiger partial charge on any atom is 0.254 e. The molecule has 5 heteroatoms. The number of halogens is 1. The fraction of sp³-hybridized carbons (Fsp3) is 0.636. The number of aromatic nitrogens is 2. The first-order chi connectivity index (χ1) is 7.56. The number of carbonyl (C=O) groups is 1. The molecule has 0 aliphatic heterocycles. The first kappa shape index (κ1) is 13.2. The van der Waals surface area contributed by atoms with E-state index in [4.69, 9.17) is 0 Å². The zero-order valence-corrected chi connectivity index (χ0v) is 11.5. The van der Waals surface area contributed by atoms with Crippen LogP contribution in [0.2, 0.25) is 0 Å². The Bertz CT molecular complexity index is 349. The SMILES string of the molecule is Cc1[nH]ncc1C(=O)NC(CCBr)C(C)C. The predicted octanol–water partition coefficient (Wildman–Crippen LogP) is 2.26. The van der Waals surface area contributed by atoms with Crippen LogP contribution in [0, 0.1) is 12.8 Å². The molecule has 0 saturated carbocycles. The quantitative estimate of drug-likeness (QED) is 0.816. The molecule has 0 fully saturated rings. The van der Waals surface area contributed by atoms with Crippen molar-refractivity contribution in [2.75, 3.05) is 5.33 Å². The van der Waals surface area contributed by atoms with Gasteiger partial charge in [-0.2, -0.15) is 5.10 Å². The van der Waals surface area contributed by atoms with E-state index in [1.807, 2.05) is 6.92 Å². The van der Waals surface area contributed by atoms with Crippen LogP contribution in [0.1, 0.15) is 36.3 Å². The van der Waals surface area contributed by atoms with Crippen molar-refractivity contribution < 1.29 is 4.79 Å². The van der Waals surface area contributed by atoms with Gasteiger partial charge in [-0.15, -0.1) is 0 Å². The summed E-state index contributed by atoms with van der Waals surface area (Å²) in [5, 5.41) is 10.5. The van der Waals surface area contributed by atoms with Crippen molar-refractivity contribution >= 4 is 21.8 Å². The van der Waals surface area contributed by atoms with Gasteiger partial charge in [0.2, 0.25) is 0 Å². The average Bonchev–Trinajstić information content (AvgIpc) is 2.63. The molecule has 0 aliphatic rings. The Hall–Kier alpha value is -0.840. The number of H-pyrrole nitrogens is 1. The van der Waals surface area contributed by atoms with Crippen LogP contribution < -0.4 is 5.32 Å². The number of alkyl halides is 1. The van der Waals surface area contributed by atoms with Gasteiger partial charge in [-0.05, 0) is 19.3 Å². The number of aromatic amines is 1. The number of hydrogen-bond acceptors (Lipinski definition) is 2. The van der Waals surface area contributed by atoms with Crippen LogP contribution in [-0.4, -0.2) is 27.5 Å². The molecule has 0 saturated heterocycles. The molecular weight excluding hydrogens is 270 g/mol. The highest BCUT2D eigenvalue weighted by Crippen LogP contribution is 2.10. The molecule has 0 aliphatic carbocycles. The van der Waals surface area contributed by atoms with E-state index in [1.54, 1.807) is 6.20 Å². The molecule has 1 unspecified atom stereocenters. The summed E-state index contributed by atoms with van der Waals surface area (Å²) >= 11 is 3.40. The van der Waals surface area contributed by atoms with Gasteiger partial charge in [0.15, 0.2) is 0 Å². The lowest BCUT2D eigenvalue weighted by Crippen LogP contribution is -2.38. The third-order valence-electron chi connectivity index (χ3n) is 2.62. The Kier molecular flexibility index (Phi) is 4.99. The summed E-state index contributed by atoms with van der Waals surface area (Å²) in [7, 11) is 0. The van der Waals surface area contributed by atoms with Gasteiger partial charge < -0.3 is 5.32 Å². The van der Waals surface area contributed by atoms with Gasteiger partial charge in [-0.1, -0.05) is 29.8 Å². The number of amides is 1. The van der Waals surface area contributed by atoms with Gasteiger partial charge in [-0.3, -0.25) is 9.89 Å². The van der Waals surface area contributed by atoms with Crippen LogP contribution in [0.15, 0.2) is 6.20 Å². The van der Waals surface area contributed by atoms with Gasteiger partial charge in [-0.25, -0.2) is 0 Å². The largest absolute Gasteiger partial charge is 0.349 e. The van der Waals surface area contributed by atoms with Crippen molar-refractivity contribution in [3.63, 3.8) is 0 Å². The van der Waals surface area contributed by atoms with Gasteiger partial charge in [0.1, 0.15) is 0 Å². The van der Waals surface area contributed by atoms with E-state index in [0.717, 1.165) is 17.4 Å². The number of nitrogens with one attached hydrogen (secondary N) is 2. The number of hydrogen-bond donors (Lipinski definition) is 2. The highest BCUT2D eigenvalue weighted by molar-refractivity contribution is 9.09. The second-order valence-corrected chi connectivity index (χ2v) is 5.00. The Morgan fingerprint density at radius 2 is 2.31 bits per heavy atom. The molecule has 0 bridgehead atoms. The van der Waals surface area contributed by atoms with E-state index < -0.39 is 0 Å². The minimum Gasteiger partial charge on any atom is -0.349 e. The number of nitrogens with zero attached hydrogens (tertiary/aromatic N) is 1. The Balaban J connectivity index is 2.65. The molecule has 1 atom stereocenters. The third kappa shape index (κ3) is 3.33. The molecular formula is C11H18BrN3O. The molecule has 0 radical (unpaired) electrons. The van der Waals surface area contributed by atoms with Crippen molar-refractivity contribution in [3.05, 3.63) is 17.5 Å². The smallest absolute Gasteiger partial charge is 0.254 e. The maximum absolute atomic E-state index is 11.9. The topological polar surface area (TPSA) is 57.8 Å². The second kappa shape index (κ2) is 6.03. The normalized spacial score (nSPS) is 12.8. The highest BCUT2D eigenvalue weighted by atomic mass is 79.9. The summed E-state index contributed by atoms with van der Waals surface area (Å²) in [6, 6.07) is 0.196. The minimum atomic E-state index is -0.0501. The Morgan fingerprint density at radius 1 is 1.62 bits per heavy atom. The Morgan fingerprint density at radius 3 is 2.75 bits per heavy atom. The summed E-state index contributed by atoms with van der Waals surface area (Å²) < 4.78 is 0. The van der Waals surface area contributed by atoms with Crippen molar-refractivity contribution in [1.29, 1.82) is 0 Å².